The van der Waals surface area contributed by atoms with Crippen molar-refractivity contribution in [3.05, 3.63) is 35.4 Å². The quantitative estimate of drug-likeness (QED) is 0.874. The number of ether oxygens (including phenoxy) is 1. The topological polar surface area (TPSA) is 21.3 Å². The summed E-state index contributed by atoms with van der Waals surface area (Å²) in [6, 6.07) is 9.49. The van der Waals surface area contributed by atoms with Crippen LogP contribution in [0.15, 0.2) is 24.3 Å². The summed E-state index contributed by atoms with van der Waals surface area (Å²) < 4.78 is 5.52. The predicted octanol–water partition coefficient (Wildman–Crippen LogP) is 3.47. The SMILES string of the molecule is COC1CC(NCc2ccccc2C2CC2)C1(C)C. The van der Waals surface area contributed by atoms with Crippen molar-refractivity contribution in [2.24, 2.45) is 5.41 Å². The molecule has 0 spiro atoms. The van der Waals surface area contributed by atoms with E-state index in [1.165, 1.54) is 18.4 Å². The lowest BCUT2D eigenvalue weighted by molar-refractivity contribution is -0.0979. The van der Waals surface area contributed by atoms with E-state index in [0.717, 1.165) is 18.9 Å². The molecule has 2 nitrogen and oxygen atoms in total. The summed E-state index contributed by atoms with van der Waals surface area (Å²) in [7, 11) is 1.82. The molecule has 0 heterocycles. The molecule has 2 aliphatic rings. The fourth-order valence-corrected chi connectivity index (χ4v) is 3.35. The second-order valence-electron chi connectivity index (χ2n) is 6.69. The van der Waals surface area contributed by atoms with Gasteiger partial charge in [-0.1, -0.05) is 38.1 Å². The van der Waals surface area contributed by atoms with E-state index in [-0.39, 0.29) is 5.41 Å². The highest BCUT2D eigenvalue weighted by Gasteiger charge is 2.48. The highest BCUT2D eigenvalue weighted by Crippen LogP contribution is 2.44. The minimum Gasteiger partial charge on any atom is -0.381 e. The number of nitrogens with one attached hydrogen (secondary N) is 1. The van der Waals surface area contributed by atoms with Crippen molar-refractivity contribution in [3.8, 4) is 0 Å². The predicted molar refractivity (Wildman–Crippen MR) is 78.2 cm³/mol. The smallest absolute Gasteiger partial charge is 0.0652 e. The summed E-state index contributed by atoms with van der Waals surface area (Å²) in [6.45, 7) is 5.60. The Kier molecular flexibility index (Phi) is 3.40. The number of hydrogen-bond acceptors (Lipinski definition) is 2. The first kappa shape index (κ1) is 13.1. The lowest BCUT2D eigenvalue weighted by Gasteiger charge is -2.51. The van der Waals surface area contributed by atoms with Crippen LogP contribution in [0.3, 0.4) is 0 Å². The third-order valence-corrected chi connectivity index (χ3v) is 5.07. The van der Waals surface area contributed by atoms with Crippen LogP contribution in [0, 0.1) is 5.41 Å². The number of benzene rings is 1. The van der Waals surface area contributed by atoms with Gasteiger partial charge in [-0.15, -0.1) is 0 Å². The van der Waals surface area contributed by atoms with E-state index in [2.05, 4.69) is 43.4 Å². The summed E-state index contributed by atoms with van der Waals surface area (Å²) in [6.07, 6.45) is 4.29. The average molecular weight is 259 g/mol. The summed E-state index contributed by atoms with van der Waals surface area (Å²) >= 11 is 0. The molecule has 0 saturated heterocycles. The highest BCUT2D eigenvalue weighted by atomic mass is 16.5. The molecule has 2 fully saturated rings. The first-order valence-electron chi connectivity index (χ1n) is 7.47. The molecule has 0 aromatic heterocycles. The maximum absolute atomic E-state index is 5.52. The first-order valence-corrected chi connectivity index (χ1v) is 7.47. The van der Waals surface area contributed by atoms with Gasteiger partial charge in [-0.25, -0.2) is 0 Å². The molecule has 2 heteroatoms. The van der Waals surface area contributed by atoms with Crippen molar-refractivity contribution in [2.75, 3.05) is 7.11 Å². The Hall–Kier alpha value is -0.860. The lowest BCUT2D eigenvalue weighted by atomic mass is 9.64. The van der Waals surface area contributed by atoms with Gasteiger partial charge in [0.2, 0.25) is 0 Å². The summed E-state index contributed by atoms with van der Waals surface area (Å²) in [5.74, 6) is 0.833. The van der Waals surface area contributed by atoms with Crippen LogP contribution in [0.1, 0.15) is 50.2 Å². The van der Waals surface area contributed by atoms with Gasteiger partial charge in [0.1, 0.15) is 0 Å². The van der Waals surface area contributed by atoms with Gasteiger partial charge in [0, 0.05) is 25.1 Å². The Balaban J connectivity index is 1.61. The third-order valence-electron chi connectivity index (χ3n) is 5.07. The van der Waals surface area contributed by atoms with Gasteiger partial charge in [-0.05, 0) is 36.3 Å². The van der Waals surface area contributed by atoms with Gasteiger partial charge >= 0.3 is 0 Å². The monoisotopic (exact) mass is 259 g/mol. The van der Waals surface area contributed by atoms with Crippen LogP contribution >= 0.6 is 0 Å². The molecular formula is C17H25NO. The molecule has 2 unspecified atom stereocenters. The number of rotatable bonds is 5. The molecule has 0 aliphatic heterocycles. The average Bonchev–Trinajstić information content (AvgIpc) is 3.22. The van der Waals surface area contributed by atoms with E-state index < -0.39 is 0 Å². The van der Waals surface area contributed by atoms with Crippen molar-refractivity contribution >= 4 is 0 Å². The molecule has 104 valence electrons. The Morgan fingerprint density at radius 2 is 2.00 bits per heavy atom. The van der Waals surface area contributed by atoms with Crippen LogP contribution < -0.4 is 5.32 Å². The molecule has 0 amide bonds. The molecule has 0 bridgehead atoms. The summed E-state index contributed by atoms with van der Waals surface area (Å²) in [5.41, 5.74) is 3.31. The molecule has 1 aromatic rings. The van der Waals surface area contributed by atoms with Gasteiger partial charge in [0.05, 0.1) is 6.10 Å². The summed E-state index contributed by atoms with van der Waals surface area (Å²) in [4.78, 5) is 0. The molecule has 19 heavy (non-hydrogen) atoms. The van der Waals surface area contributed by atoms with E-state index in [0.29, 0.717) is 12.1 Å². The molecular weight excluding hydrogens is 234 g/mol. The second kappa shape index (κ2) is 4.92. The number of methoxy groups -OCH3 is 1. The van der Waals surface area contributed by atoms with Crippen molar-refractivity contribution in [2.45, 2.75) is 57.7 Å². The summed E-state index contributed by atoms with van der Waals surface area (Å²) in [5, 5.41) is 3.73. The minimum absolute atomic E-state index is 0.253. The van der Waals surface area contributed by atoms with Crippen LogP contribution in [0.25, 0.3) is 0 Å². The van der Waals surface area contributed by atoms with Crippen LogP contribution in [0.5, 0.6) is 0 Å². The fourth-order valence-electron chi connectivity index (χ4n) is 3.35. The minimum atomic E-state index is 0.253. The van der Waals surface area contributed by atoms with E-state index in [4.69, 9.17) is 4.74 Å². The molecule has 1 N–H and O–H groups in total. The van der Waals surface area contributed by atoms with E-state index in [1.54, 1.807) is 5.56 Å². The molecule has 1 aromatic carbocycles. The van der Waals surface area contributed by atoms with Crippen LogP contribution in [0.4, 0.5) is 0 Å². The molecule has 2 aliphatic carbocycles. The van der Waals surface area contributed by atoms with E-state index in [1.807, 2.05) is 7.11 Å². The van der Waals surface area contributed by atoms with Crippen LogP contribution in [-0.4, -0.2) is 19.3 Å². The van der Waals surface area contributed by atoms with Crippen molar-refractivity contribution in [1.29, 1.82) is 0 Å². The van der Waals surface area contributed by atoms with Crippen molar-refractivity contribution in [1.82, 2.24) is 5.32 Å². The molecule has 2 atom stereocenters. The third kappa shape index (κ3) is 2.44. The zero-order valence-corrected chi connectivity index (χ0v) is 12.3. The van der Waals surface area contributed by atoms with Crippen molar-refractivity contribution < 1.29 is 4.74 Å². The Morgan fingerprint density at radius 1 is 1.26 bits per heavy atom. The standard InChI is InChI=1S/C17H25NO/c1-17(2)15(10-16(17)19-3)18-11-13-6-4-5-7-14(13)12-8-9-12/h4-7,12,15-16,18H,8-11H2,1-3H3. The molecule has 3 rings (SSSR count). The zero-order chi connectivity index (χ0) is 13.5. The largest absolute Gasteiger partial charge is 0.381 e. The van der Waals surface area contributed by atoms with Gasteiger partial charge in [0.25, 0.3) is 0 Å². The fraction of sp³-hybridized carbons (Fsp3) is 0.647. The maximum atomic E-state index is 5.52. The number of hydrogen-bond donors (Lipinski definition) is 1. The van der Waals surface area contributed by atoms with E-state index in [9.17, 15) is 0 Å². The van der Waals surface area contributed by atoms with Gasteiger partial charge in [-0.2, -0.15) is 0 Å². The zero-order valence-electron chi connectivity index (χ0n) is 12.3. The van der Waals surface area contributed by atoms with Crippen LogP contribution in [-0.2, 0) is 11.3 Å². The Bertz CT molecular complexity index is 450. The first-order chi connectivity index (χ1) is 9.13. The molecule has 0 radical (unpaired) electrons. The lowest BCUT2D eigenvalue weighted by Crippen LogP contribution is -2.60. The maximum Gasteiger partial charge on any atom is 0.0652 e. The normalized spacial score (nSPS) is 29.0. The molecule has 2 saturated carbocycles. The highest BCUT2D eigenvalue weighted by molar-refractivity contribution is 5.33. The van der Waals surface area contributed by atoms with Gasteiger partial charge in [0.15, 0.2) is 0 Å². The Morgan fingerprint density at radius 3 is 2.63 bits per heavy atom. The Labute approximate surface area is 116 Å². The van der Waals surface area contributed by atoms with Gasteiger partial charge in [-0.3, -0.25) is 0 Å². The van der Waals surface area contributed by atoms with Crippen molar-refractivity contribution in [3.63, 3.8) is 0 Å². The van der Waals surface area contributed by atoms with E-state index >= 15 is 0 Å². The van der Waals surface area contributed by atoms with Gasteiger partial charge < -0.3 is 10.1 Å². The van der Waals surface area contributed by atoms with Crippen LogP contribution in [0.2, 0.25) is 0 Å². The second-order valence-corrected chi connectivity index (χ2v) is 6.69.